The van der Waals surface area contributed by atoms with Gasteiger partial charge in [0, 0.05) is 29.5 Å². The molecule has 0 aliphatic carbocycles. The molecule has 0 spiro atoms. The zero-order valence-corrected chi connectivity index (χ0v) is 15.4. The van der Waals surface area contributed by atoms with Crippen molar-refractivity contribution in [1.82, 2.24) is 14.5 Å². The van der Waals surface area contributed by atoms with Gasteiger partial charge in [0.2, 0.25) is 0 Å². The first-order valence-electron chi connectivity index (χ1n) is 7.84. The van der Waals surface area contributed by atoms with Gasteiger partial charge in [-0.3, -0.25) is 24.3 Å². The molecule has 2 aromatic heterocycles. The number of hydrogen-bond acceptors (Lipinski definition) is 6. The van der Waals surface area contributed by atoms with Crippen molar-refractivity contribution < 1.29 is 19.1 Å². The molecule has 3 rings (SSSR count). The number of aromatic nitrogens is 2. The number of nitrogens with zero attached hydrogens (tertiary/aromatic N) is 3. The van der Waals surface area contributed by atoms with Crippen molar-refractivity contribution in [3.8, 4) is 5.69 Å². The summed E-state index contributed by atoms with van der Waals surface area (Å²) >= 11 is 0.820. The van der Waals surface area contributed by atoms with Crippen LogP contribution in [0.4, 0.5) is 4.79 Å². The molecule has 0 N–H and O–H groups in total. The van der Waals surface area contributed by atoms with E-state index in [-0.39, 0.29) is 11.4 Å². The zero-order chi connectivity index (χ0) is 18.8. The van der Waals surface area contributed by atoms with Crippen LogP contribution in [0.25, 0.3) is 11.8 Å². The minimum absolute atomic E-state index is 0.286. The lowest BCUT2D eigenvalue weighted by atomic mass is 10.2. The Labute approximate surface area is 154 Å². The Balaban J connectivity index is 1.93. The standard InChI is InChI=1S/C18H17N3O4S/c1-11-8-13(12(2)21(11)14-4-6-19-7-5-14)9-15-17(23)20(18(24)26-15)10-16(22)25-3/h4-9H,10H2,1-3H3. The van der Waals surface area contributed by atoms with Gasteiger partial charge in [0.05, 0.1) is 12.0 Å². The van der Waals surface area contributed by atoms with Crippen LogP contribution in [0.5, 0.6) is 0 Å². The van der Waals surface area contributed by atoms with E-state index in [1.807, 2.05) is 36.6 Å². The van der Waals surface area contributed by atoms with Crippen LogP contribution in [0, 0.1) is 13.8 Å². The van der Waals surface area contributed by atoms with Crippen LogP contribution in [-0.4, -0.2) is 45.2 Å². The van der Waals surface area contributed by atoms with Crippen molar-refractivity contribution in [3.63, 3.8) is 0 Å². The van der Waals surface area contributed by atoms with Gasteiger partial charge in [-0.05, 0) is 55.4 Å². The molecular weight excluding hydrogens is 354 g/mol. The number of aryl methyl sites for hydroxylation is 1. The zero-order valence-electron chi connectivity index (χ0n) is 14.6. The predicted octanol–water partition coefficient (Wildman–Crippen LogP) is 2.70. The van der Waals surface area contributed by atoms with Crippen molar-refractivity contribution >= 4 is 35.0 Å². The van der Waals surface area contributed by atoms with E-state index in [9.17, 15) is 14.4 Å². The lowest BCUT2D eigenvalue weighted by Crippen LogP contribution is -2.34. The molecule has 0 saturated carbocycles. The van der Waals surface area contributed by atoms with Gasteiger partial charge in [0.1, 0.15) is 6.54 Å². The molecule has 26 heavy (non-hydrogen) atoms. The SMILES string of the molecule is COC(=O)CN1C(=O)SC(=Cc2cc(C)n(-c3ccncc3)c2C)C1=O. The third kappa shape index (κ3) is 3.28. The van der Waals surface area contributed by atoms with Crippen LogP contribution in [0.1, 0.15) is 17.0 Å². The summed E-state index contributed by atoms with van der Waals surface area (Å²) in [5, 5.41) is -0.477. The number of ether oxygens (including phenoxy) is 1. The minimum Gasteiger partial charge on any atom is -0.468 e. The number of hydrogen-bond donors (Lipinski definition) is 0. The van der Waals surface area contributed by atoms with E-state index in [0.717, 1.165) is 39.3 Å². The van der Waals surface area contributed by atoms with Gasteiger partial charge in [0.15, 0.2) is 0 Å². The second-order valence-corrected chi connectivity index (χ2v) is 6.70. The molecule has 1 aliphatic rings. The number of rotatable bonds is 4. The molecule has 0 radical (unpaired) electrons. The van der Waals surface area contributed by atoms with E-state index in [1.165, 1.54) is 7.11 Å². The number of esters is 1. The highest BCUT2D eigenvalue weighted by Crippen LogP contribution is 2.33. The summed E-state index contributed by atoms with van der Waals surface area (Å²) in [5.41, 5.74) is 3.73. The van der Waals surface area contributed by atoms with Crippen LogP contribution >= 0.6 is 11.8 Å². The maximum Gasteiger partial charge on any atom is 0.325 e. The Morgan fingerprint density at radius 1 is 1.27 bits per heavy atom. The Morgan fingerprint density at radius 2 is 1.96 bits per heavy atom. The summed E-state index contributed by atoms with van der Waals surface area (Å²) in [4.78, 5) is 41.0. The molecule has 0 aromatic carbocycles. The van der Waals surface area contributed by atoms with Crippen molar-refractivity contribution in [3.05, 3.63) is 52.4 Å². The third-order valence-corrected chi connectivity index (χ3v) is 4.97. The quantitative estimate of drug-likeness (QED) is 0.607. The first-order valence-corrected chi connectivity index (χ1v) is 8.65. The fraction of sp³-hybridized carbons (Fsp3) is 0.222. The van der Waals surface area contributed by atoms with E-state index < -0.39 is 17.1 Å². The largest absolute Gasteiger partial charge is 0.468 e. The molecule has 2 aromatic rings. The van der Waals surface area contributed by atoms with Crippen molar-refractivity contribution in [2.75, 3.05) is 13.7 Å². The second kappa shape index (κ2) is 7.17. The predicted molar refractivity (Wildman–Crippen MR) is 97.7 cm³/mol. The summed E-state index contributed by atoms with van der Waals surface area (Å²) in [7, 11) is 1.21. The molecule has 2 amide bonds. The molecular formula is C18H17N3O4S. The number of amides is 2. The topological polar surface area (TPSA) is 81.5 Å². The number of pyridine rings is 1. The van der Waals surface area contributed by atoms with Gasteiger partial charge in [-0.15, -0.1) is 0 Å². The van der Waals surface area contributed by atoms with E-state index >= 15 is 0 Å². The van der Waals surface area contributed by atoms with Crippen LogP contribution in [0.2, 0.25) is 0 Å². The fourth-order valence-corrected chi connectivity index (χ4v) is 3.62. The van der Waals surface area contributed by atoms with Gasteiger partial charge >= 0.3 is 5.97 Å². The molecule has 1 aliphatic heterocycles. The number of imide groups is 1. The molecule has 0 bridgehead atoms. The van der Waals surface area contributed by atoms with Crippen molar-refractivity contribution in [2.45, 2.75) is 13.8 Å². The van der Waals surface area contributed by atoms with Gasteiger partial charge in [-0.25, -0.2) is 0 Å². The maximum atomic E-state index is 12.4. The molecule has 7 nitrogen and oxygen atoms in total. The average molecular weight is 371 g/mol. The molecule has 0 unspecified atom stereocenters. The smallest absolute Gasteiger partial charge is 0.325 e. The number of methoxy groups -OCH3 is 1. The Hall–Kier alpha value is -2.87. The van der Waals surface area contributed by atoms with Crippen LogP contribution in [-0.2, 0) is 14.3 Å². The molecule has 3 heterocycles. The Kier molecular flexibility index (Phi) is 4.94. The van der Waals surface area contributed by atoms with E-state index in [1.54, 1.807) is 18.5 Å². The highest BCUT2D eigenvalue weighted by atomic mass is 32.2. The molecule has 8 heteroatoms. The highest BCUT2D eigenvalue weighted by Gasteiger charge is 2.36. The van der Waals surface area contributed by atoms with E-state index in [4.69, 9.17) is 0 Å². The first-order chi connectivity index (χ1) is 12.4. The summed E-state index contributed by atoms with van der Waals surface area (Å²) in [6.07, 6.45) is 5.11. The Bertz CT molecular complexity index is 918. The number of carbonyl (C=O) groups excluding carboxylic acids is 3. The minimum atomic E-state index is -0.635. The van der Waals surface area contributed by atoms with Crippen LogP contribution < -0.4 is 0 Å². The van der Waals surface area contributed by atoms with Crippen molar-refractivity contribution in [1.29, 1.82) is 0 Å². The fourth-order valence-electron chi connectivity index (χ4n) is 2.80. The van der Waals surface area contributed by atoms with Gasteiger partial charge in [-0.1, -0.05) is 0 Å². The third-order valence-electron chi connectivity index (χ3n) is 4.07. The molecule has 1 saturated heterocycles. The summed E-state index contributed by atoms with van der Waals surface area (Å²) in [5.74, 6) is -1.12. The van der Waals surface area contributed by atoms with Gasteiger partial charge in [0.25, 0.3) is 11.1 Å². The second-order valence-electron chi connectivity index (χ2n) is 5.71. The molecule has 134 valence electrons. The normalized spacial score (nSPS) is 15.8. The lowest BCUT2D eigenvalue weighted by Gasteiger charge is -2.10. The number of carbonyl (C=O) groups is 3. The lowest BCUT2D eigenvalue weighted by molar-refractivity contribution is -0.143. The summed E-state index contributed by atoms with van der Waals surface area (Å²) in [6, 6.07) is 5.74. The van der Waals surface area contributed by atoms with Gasteiger partial charge < -0.3 is 9.30 Å². The summed E-state index contributed by atoms with van der Waals surface area (Å²) < 4.78 is 6.58. The van der Waals surface area contributed by atoms with Gasteiger partial charge in [-0.2, -0.15) is 0 Å². The van der Waals surface area contributed by atoms with Crippen LogP contribution in [0.15, 0.2) is 35.5 Å². The van der Waals surface area contributed by atoms with E-state index in [0.29, 0.717) is 0 Å². The summed E-state index contributed by atoms with van der Waals surface area (Å²) in [6.45, 7) is 3.53. The van der Waals surface area contributed by atoms with E-state index in [2.05, 4.69) is 9.72 Å². The number of thioether (sulfide) groups is 1. The highest BCUT2D eigenvalue weighted by molar-refractivity contribution is 8.18. The molecule has 0 atom stereocenters. The Morgan fingerprint density at radius 3 is 2.62 bits per heavy atom. The monoisotopic (exact) mass is 371 g/mol. The van der Waals surface area contributed by atoms with Crippen molar-refractivity contribution in [2.24, 2.45) is 0 Å². The van der Waals surface area contributed by atoms with Crippen LogP contribution in [0.3, 0.4) is 0 Å². The molecule has 1 fully saturated rings. The average Bonchev–Trinajstić information content (AvgIpc) is 3.05. The first kappa shape index (κ1) is 17.9. The maximum absolute atomic E-state index is 12.4.